The average molecular weight is 292 g/mol. The van der Waals surface area contributed by atoms with Crippen molar-refractivity contribution in [1.82, 2.24) is 9.55 Å². The summed E-state index contributed by atoms with van der Waals surface area (Å²) < 4.78 is 7.68. The number of benzene rings is 2. The molecule has 0 atom stereocenters. The molecule has 3 aromatic rings. The van der Waals surface area contributed by atoms with Crippen LogP contribution in [0.1, 0.15) is 10.4 Å². The molecule has 1 aliphatic rings. The zero-order chi connectivity index (χ0) is 15.1. The molecule has 1 aromatic heterocycles. The Kier molecular flexibility index (Phi) is 2.72. The van der Waals surface area contributed by atoms with E-state index >= 15 is 0 Å². The lowest BCUT2D eigenvalue weighted by molar-refractivity contribution is 0.0697. The number of nitrogens with zero attached hydrogens (tertiary/aromatic N) is 2. The maximum Gasteiger partial charge on any atom is 0.335 e. The second-order valence-electron chi connectivity index (χ2n) is 5.05. The zero-order valence-electron chi connectivity index (χ0n) is 11.6. The molecule has 0 bridgehead atoms. The molecule has 0 fully saturated rings. The van der Waals surface area contributed by atoms with Crippen molar-refractivity contribution < 1.29 is 14.6 Å². The third-order valence-electron chi connectivity index (χ3n) is 3.74. The second-order valence-corrected chi connectivity index (χ2v) is 5.05. The van der Waals surface area contributed by atoms with Crippen molar-refractivity contribution in [2.24, 2.45) is 0 Å². The third-order valence-corrected chi connectivity index (χ3v) is 3.74. The van der Waals surface area contributed by atoms with Crippen LogP contribution >= 0.6 is 0 Å². The van der Waals surface area contributed by atoms with Gasteiger partial charge in [0.2, 0.25) is 0 Å². The molecule has 0 amide bonds. The first-order valence-electron chi connectivity index (χ1n) is 6.85. The molecule has 0 spiro atoms. The summed E-state index contributed by atoms with van der Waals surface area (Å²) in [6.07, 6.45) is 1.79. The van der Waals surface area contributed by atoms with E-state index in [-0.39, 0.29) is 5.56 Å². The highest BCUT2D eigenvalue weighted by Crippen LogP contribution is 2.36. The summed E-state index contributed by atoms with van der Waals surface area (Å²) >= 11 is 0. The maximum absolute atomic E-state index is 11.2. The van der Waals surface area contributed by atoms with Crippen LogP contribution in [0.5, 0.6) is 5.75 Å². The van der Waals surface area contributed by atoms with Gasteiger partial charge in [0.25, 0.3) is 0 Å². The number of imidazole rings is 1. The minimum absolute atomic E-state index is 0.222. The number of hydrogen-bond acceptors (Lipinski definition) is 3. The largest absolute Gasteiger partial charge is 0.478 e. The van der Waals surface area contributed by atoms with E-state index in [2.05, 4.69) is 4.98 Å². The van der Waals surface area contributed by atoms with Crippen molar-refractivity contribution in [2.45, 2.75) is 6.73 Å². The Bertz CT molecular complexity index is 869. The normalized spacial score (nSPS) is 12.2. The summed E-state index contributed by atoms with van der Waals surface area (Å²) in [6, 6.07) is 14.7. The lowest BCUT2D eigenvalue weighted by Gasteiger charge is -2.21. The fourth-order valence-electron chi connectivity index (χ4n) is 2.66. The molecule has 5 nitrogen and oxygen atoms in total. The molecule has 0 saturated heterocycles. The summed E-state index contributed by atoms with van der Waals surface area (Å²) in [7, 11) is 0. The van der Waals surface area contributed by atoms with Gasteiger partial charge in [-0.05, 0) is 23.8 Å². The van der Waals surface area contributed by atoms with E-state index in [1.165, 1.54) is 6.07 Å². The number of aromatic nitrogens is 2. The van der Waals surface area contributed by atoms with Crippen LogP contribution in [-0.4, -0.2) is 20.6 Å². The van der Waals surface area contributed by atoms with Gasteiger partial charge in [-0.3, -0.25) is 4.57 Å². The Balaban J connectivity index is 1.88. The molecule has 2 aromatic carbocycles. The fraction of sp³-hybridized carbons (Fsp3) is 0.0588. The highest BCUT2D eigenvalue weighted by atomic mass is 16.5. The standard InChI is InChI=1S/C17H12N2O3/c20-17(21)12-6-7-15-13(8-12)16-18-9-14(19(16)10-22-15)11-4-2-1-3-5-11/h1-9H,10H2,(H,20,21). The number of hydrogen-bond donors (Lipinski definition) is 1. The van der Waals surface area contributed by atoms with Crippen LogP contribution in [0.3, 0.4) is 0 Å². The van der Waals surface area contributed by atoms with Crippen LogP contribution in [0.25, 0.3) is 22.6 Å². The first-order chi connectivity index (χ1) is 10.7. The van der Waals surface area contributed by atoms with Gasteiger partial charge in [-0.25, -0.2) is 9.78 Å². The molecule has 1 aliphatic heterocycles. The van der Waals surface area contributed by atoms with Crippen LogP contribution in [0.2, 0.25) is 0 Å². The van der Waals surface area contributed by atoms with Gasteiger partial charge in [-0.15, -0.1) is 0 Å². The molecule has 0 radical (unpaired) electrons. The smallest absolute Gasteiger partial charge is 0.335 e. The quantitative estimate of drug-likeness (QED) is 0.787. The molecule has 108 valence electrons. The van der Waals surface area contributed by atoms with Gasteiger partial charge in [0.15, 0.2) is 6.73 Å². The minimum atomic E-state index is -0.963. The molecule has 0 aliphatic carbocycles. The van der Waals surface area contributed by atoms with Gasteiger partial charge in [0.05, 0.1) is 23.0 Å². The summed E-state index contributed by atoms with van der Waals surface area (Å²) in [5.41, 5.74) is 2.91. The van der Waals surface area contributed by atoms with Crippen molar-refractivity contribution >= 4 is 5.97 Å². The summed E-state index contributed by atoms with van der Waals surface area (Å²) in [4.78, 5) is 15.6. The summed E-state index contributed by atoms with van der Waals surface area (Å²) in [5, 5.41) is 9.15. The topological polar surface area (TPSA) is 64.3 Å². The first-order valence-corrected chi connectivity index (χ1v) is 6.85. The monoisotopic (exact) mass is 292 g/mol. The average Bonchev–Trinajstić information content (AvgIpc) is 2.99. The van der Waals surface area contributed by atoms with Gasteiger partial charge >= 0.3 is 5.97 Å². The van der Waals surface area contributed by atoms with Crippen LogP contribution in [0.15, 0.2) is 54.7 Å². The van der Waals surface area contributed by atoms with Crippen molar-refractivity contribution in [3.8, 4) is 28.4 Å². The lowest BCUT2D eigenvalue weighted by atomic mass is 10.1. The highest BCUT2D eigenvalue weighted by Gasteiger charge is 2.22. The fourth-order valence-corrected chi connectivity index (χ4v) is 2.66. The molecular formula is C17H12N2O3. The van der Waals surface area contributed by atoms with Gasteiger partial charge in [-0.1, -0.05) is 30.3 Å². The third kappa shape index (κ3) is 1.87. The van der Waals surface area contributed by atoms with E-state index in [1.54, 1.807) is 18.3 Å². The van der Waals surface area contributed by atoms with Gasteiger partial charge in [0.1, 0.15) is 11.6 Å². The van der Waals surface area contributed by atoms with E-state index in [0.29, 0.717) is 18.0 Å². The molecule has 2 heterocycles. The predicted molar refractivity (Wildman–Crippen MR) is 80.7 cm³/mol. The zero-order valence-corrected chi connectivity index (χ0v) is 11.6. The van der Waals surface area contributed by atoms with E-state index in [0.717, 1.165) is 17.1 Å². The van der Waals surface area contributed by atoms with Crippen LogP contribution in [-0.2, 0) is 6.73 Å². The second kappa shape index (κ2) is 4.73. The van der Waals surface area contributed by atoms with Crippen molar-refractivity contribution in [3.05, 3.63) is 60.3 Å². The summed E-state index contributed by atoms with van der Waals surface area (Å²) in [5.74, 6) is 0.417. The van der Waals surface area contributed by atoms with Crippen LogP contribution < -0.4 is 4.74 Å². The van der Waals surface area contributed by atoms with E-state index in [4.69, 9.17) is 9.84 Å². The highest BCUT2D eigenvalue weighted by molar-refractivity contribution is 5.90. The SMILES string of the molecule is O=C(O)c1ccc2c(c1)-c1ncc(-c3ccccc3)n1CO2. The van der Waals surface area contributed by atoms with Gasteiger partial charge in [-0.2, -0.15) is 0 Å². The molecular weight excluding hydrogens is 280 g/mol. The van der Waals surface area contributed by atoms with Gasteiger partial charge in [0, 0.05) is 0 Å². The Morgan fingerprint density at radius 2 is 2.00 bits per heavy atom. The summed E-state index contributed by atoms with van der Waals surface area (Å²) in [6.45, 7) is 0.360. The van der Waals surface area contributed by atoms with E-state index in [9.17, 15) is 4.79 Å². The van der Waals surface area contributed by atoms with Crippen molar-refractivity contribution in [1.29, 1.82) is 0 Å². The number of rotatable bonds is 2. The van der Waals surface area contributed by atoms with Gasteiger partial charge < -0.3 is 9.84 Å². The van der Waals surface area contributed by atoms with E-state index < -0.39 is 5.97 Å². The number of ether oxygens (including phenoxy) is 1. The lowest BCUT2D eigenvalue weighted by Crippen LogP contribution is -2.14. The molecule has 1 N–H and O–H groups in total. The molecule has 22 heavy (non-hydrogen) atoms. The van der Waals surface area contributed by atoms with Crippen LogP contribution in [0, 0.1) is 0 Å². The Hall–Kier alpha value is -3.08. The van der Waals surface area contributed by atoms with Crippen molar-refractivity contribution in [3.63, 3.8) is 0 Å². The molecule has 0 unspecified atom stereocenters. The molecule has 4 rings (SSSR count). The Labute approximate surface area is 126 Å². The Morgan fingerprint density at radius 3 is 2.77 bits per heavy atom. The number of carboxylic acid groups (broad SMARTS) is 1. The predicted octanol–water partition coefficient (Wildman–Crippen LogP) is 3.27. The minimum Gasteiger partial charge on any atom is -0.478 e. The Morgan fingerprint density at radius 1 is 1.18 bits per heavy atom. The number of carboxylic acids is 1. The number of carbonyl (C=O) groups is 1. The molecule has 0 saturated carbocycles. The molecule has 5 heteroatoms. The number of aromatic carboxylic acids is 1. The van der Waals surface area contributed by atoms with Crippen LogP contribution in [0.4, 0.5) is 0 Å². The van der Waals surface area contributed by atoms with E-state index in [1.807, 2.05) is 34.9 Å². The van der Waals surface area contributed by atoms with Crippen molar-refractivity contribution in [2.75, 3.05) is 0 Å². The first kappa shape index (κ1) is 12.6. The number of fused-ring (bicyclic) bond motifs is 3. The maximum atomic E-state index is 11.2.